The van der Waals surface area contributed by atoms with E-state index in [4.69, 9.17) is 9.47 Å². The lowest BCUT2D eigenvalue weighted by Crippen LogP contribution is -2.49. The molecule has 0 aromatic heterocycles. The predicted octanol–water partition coefficient (Wildman–Crippen LogP) is 3.23. The summed E-state index contributed by atoms with van der Waals surface area (Å²) < 4.78 is 11.7. The second kappa shape index (κ2) is 11.9. The van der Waals surface area contributed by atoms with Crippen LogP contribution in [0, 0.1) is 11.8 Å². The van der Waals surface area contributed by atoms with Crippen LogP contribution < -0.4 is 10.6 Å². The molecule has 3 atom stereocenters. The summed E-state index contributed by atoms with van der Waals surface area (Å²) in [6.45, 7) is 5.91. The van der Waals surface area contributed by atoms with Gasteiger partial charge in [-0.25, -0.2) is 4.79 Å². The van der Waals surface area contributed by atoms with Gasteiger partial charge in [-0.1, -0.05) is 13.8 Å². The minimum absolute atomic E-state index is 0.0565. The Morgan fingerprint density at radius 1 is 1.11 bits per heavy atom. The van der Waals surface area contributed by atoms with E-state index in [0.717, 1.165) is 58.0 Å². The van der Waals surface area contributed by atoms with Crippen molar-refractivity contribution >= 4 is 6.03 Å². The van der Waals surface area contributed by atoms with Crippen LogP contribution in [0.3, 0.4) is 0 Å². The monoisotopic (exact) mass is 384 g/mol. The fourth-order valence-electron chi connectivity index (χ4n) is 4.23. The van der Waals surface area contributed by atoms with Gasteiger partial charge in [-0.2, -0.15) is 0 Å². The normalized spacial score (nSPS) is 31.7. The Morgan fingerprint density at radius 2 is 1.85 bits per heavy atom. The molecule has 158 valence electrons. The molecule has 6 nitrogen and oxygen atoms in total. The van der Waals surface area contributed by atoms with Crippen LogP contribution in [0.2, 0.25) is 0 Å². The van der Waals surface area contributed by atoms with Crippen molar-refractivity contribution in [1.82, 2.24) is 10.6 Å². The maximum atomic E-state index is 12.3. The summed E-state index contributed by atoms with van der Waals surface area (Å²) in [6, 6.07) is 0.0558. The van der Waals surface area contributed by atoms with E-state index in [9.17, 15) is 9.90 Å². The molecule has 3 unspecified atom stereocenters. The standard InChI is InChI=1S/C21H40N2O4/c1-15(2)5-4-12-27-20-13-17(8-11-19(20)26-3)23-21(25)22-14-16-6-9-18(24)10-7-16/h15-20,24H,4-14H2,1-3H3,(H2,22,23,25). The van der Waals surface area contributed by atoms with E-state index in [1.54, 1.807) is 7.11 Å². The highest BCUT2D eigenvalue weighted by Gasteiger charge is 2.32. The Morgan fingerprint density at radius 3 is 2.52 bits per heavy atom. The van der Waals surface area contributed by atoms with Crippen molar-refractivity contribution in [3.8, 4) is 0 Å². The maximum absolute atomic E-state index is 12.3. The molecule has 2 aliphatic rings. The molecule has 6 heteroatoms. The van der Waals surface area contributed by atoms with Crippen molar-refractivity contribution in [2.24, 2.45) is 11.8 Å². The molecule has 2 fully saturated rings. The molecule has 0 radical (unpaired) electrons. The van der Waals surface area contributed by atoms with Gasteiger partial charge in [0.25, 0.3) is 0 Å². The summed E-state index contributed by atoms with van der Waals surface area (Å²) in [5.41, 5.74) is 0. The summed E-state index contributed by atoms with van der Waals surface area (Å²) in [6.07, 6.45) is 8.61. The van der Waals surface area contributed by atoms with Crippen LogP contribution in [0.15, 0.2) is 0 Å². The Balaban J connectivity index is 1.68. The number of rotatable bonds is 9. The zero-order valence-corrected chi connectivity index (χ0v) is 17.4. The lowest BCUT2D eigenvalue weighted by Gasteiger charge is -2.35. The SMILES string of the molecule is COC1CCC(NC(=O)NCC2CCC(O)CC2)CC1OCCCC(C)C. The summed E-state index contributed by atoms with van der Waals surface area (Å²) in [4.78, 5) is 12.3. The molecule has 2 amide bonds. The quantitative estimate of drug-likeness (QED) is 0.533. The number of carbonyl (C=O) groups excluding carboxylic acids is 1. The second-order valence-electron chi connectivity index (χ2n) is 8.76. The lowest BCUT2D eigenvalue weighted by atomic mass is 9.87. The Hall–Kier alpha value is -0.850. The molecule has 0 spiro atoms. The van der Waals surface area contributed by atoms with E-state index in [1.165, 1.54) is 6.42 Å². The molecular formula is C21H40N2O4. The molecule has 3 N–H and O–H groups in total. The van der Waals surface area contributed by atoms with Gasteiger partial charge in [0.15, 0.2) is 0 Å². The number of nitrogens with one attached hydrogen (secondary N) is 2. The van der Waals surface area contributed by atoms with E-state index in [1.807, 2.05) is 0 Å². The van der Waals surface area contributed by atoms with Gasteiger partial charge in [0.05, 0.1) is 18.3 Å². The van der Waals surface area contributed by atoms with E-state index in [2.05, 4.69) is 24.5 Å². The van der Waals surface area contributed by atoms with Gasteiger partial charge in [0.1, 0.15) is 0 Å². The highest BCUT2D eigenvalue weighted by molar-refractivity contribution is 5.74. The third kappa shape index (κ3) is 8.36. The molecule has 0 heterocycles. The first-order valence-electron chi connectivity index (χ1n) is 10.8. The molecular weight excluding hydrogens is 344 g/mol. The molecule has 27 heavy (non-hydrogen) atoms. The maximum Gasteiger partial charge on any atom is 0.315 e. The number of hydrogen-bond acceptors (Lipinski definition) is 4. The smallest absolute Gasteiger partial charge is 0.315 e. The molecule has 2 saturated carbocycles. The van der Waals surface area contributed by atoms with Crippen LogP contribution in [0.5, 0.6) is 0 Å². The summed E-state index contributed by atoms with van der Waals surface area (Å²) in [7, 11) is 1.75. The molecule has 0 saturated heterocycles. The Bertz CT molecular complexity index is 424. The number of aliphatic hydroxyl groups excluding tert-OH is 1. The number of methoxy groups -OCH3 is 1. The van der Waals surface area contributed by atoms with E-state index in [-0.39, 0.29) is 30.4 Å². The largest absolute Gasteiger partial charge is 0.393 e. The van der Waals surface area contributed by atoms with Crippen molar-refractivity contribution in [3.05, 3.63) is 0 Å². The molecule has 0 bridgehead atoms. The molecule has 0 aromatic rings. The minimum Gasteiger partial charge on any atom is -0.393 e. The third-order valence-corrected chi connectivity index (χ3v) is 5.99. The number of hydrogen-bond donors (Lipinski definition) is 3. The van der Waals surface area contributed by atoms with Gasteiger partial charge in [0, 0.05) is 26.3 Å². The highest BCUT2D eigenvalue weighted by Crippen LogP contribution is 2.25. The molecule has 2 rings (SSSR count). The zero-order valence-electron chi connectivity index (χ0n) is 17.4. The number of amides is 2. The third-order valence-electron chi connectivity index (χ3n) is 5.99. The van der Waals surface area contributed by atoms with Crippen molar-refractivity contribution in [2.75, 3.05) is 20.3 Å². The fraction of sp³-hybridized carbons (Fsp3) is 0.952. The van der Waals surface area contributed by atoms with Crippen LogP contribution in [0.1, 0.15) is 71.6 Å². The van der Waals surface area contributed by atoms with Crippen LogP contribution in [0.4, 0.5) is 4.79 Å². The van der Waals surface area contributed by atoms with Gasteiger partial charge in [-0.05, 0) is 69.6 Å². The zero-order chi connectivity index (χ0) is 19.6. The van der Waals surface area contributed by atoms with Crippen LogP contribution in [-0.2, 0) is 9.47 Å². The minimum atomic E-state index is -0.150. The molecule has 2 aliphatic carbocycles. The van der Waals surface area contributed by atoms with Crippen molar-refractivity contribution in [1.29, 1.82) is 0 Å². The van der Waals surface area contributed by atoms with E-state index in [0.29, 0.717) is 18.4 Å². The number of urea groups is 1. The lowest BCUT2D eigenvalue weighted by molar-refractivity contribution is -0.0826. The van der Waals surface area contributed by atoms with E-state index >= 15 is 0 Å². The van der Waals surface area contributed by atoms with Gasteiger partial charge in [-0.3, -0.25) is 0 Å². The highest BCUT2D eigenvalue weighted by atomic mass is 16.5. The molecule has 0 aliphatic heterocycles. The molecule has 0 aromatic carbocycles. The summed E-state index contributed by atoms with van der Waals surface area (Å²) in [5, 5.41) is 15.7. The first kappa shape index (κ1) is 22.4. The first-order valence-corrected chi connectivity index (χ1v) is 10.8. The van der Waals surface area contributed by atoms with Crippen LogP contribution in [0.25, 0.3) is 0 Å². The van der Waals surface area contributed by atoms with Gasteiger partial charge >= 0.3 is 6.03 Å². The average molecular weight is 385 g/mol. The Labute approximate surface area is 164 Å². The first-order chi connectivity index (χ1) is 13.0. The predicted molar refractivity (Wildman–Crippen MR) is 107 cm³/mol. The number of ether oxygens (including phenoxy) is 2. The van der Waals surface area contributed by atoms with E-state index < -0.39 is 0 Å². The summed E-state index contributed by atoms with van der Waals surface area (Å²) in [5.74, 6) is 1.18. The van der Waals surface area contributed by atoms with Crippen molar-refractivity contribution in [3.63, 3.8) is 0 Å². The van der Waals surface area contributed by atoms with Gasteiger partial charge in [0.2, 0.25) is 0 Å². The fourth-order valence-corrected chi connectivity index (χ4v) is 4.23. The topological polar surface area (TPSA) is 79.8 Å². The Kier molecular flexibility index (Phi) is 9.87. The summed E-state index contributed by atoms with van der Waals surface area (Å²) >= 11 is 0. The number of carbonyl (C=O) groups is 1. The second-order valence-corrected chi connectivity index (χ2v) is 8.76. The van der Waals surface area contributed by atoms with Crippen LogP contribution >= 0.6 is 0 Å². The van der Waals surface area contributed by atoms with Crippen molar-refractivity contribution in [2.45, 2.75) is 96.0 Å². The van der Waals surface area contributed by atoms with Gasteiger partial charge in [-0.15, -0.1) is 0 Å². The van der Waals surface area contributed by atoms with Gasteiger partial charge < -0.3 is 25.2 Å². The number of aliphatic hydroxyl groups is 1. The van der Waals surface area contributed by atoms with Crippen LogP contribution in [-0.4, -0.2) is 55.8 Å². The average Bonchev–Trinajstić information content (AvgIpc) is 2.65. The van der Waals surface area contributed by atoms with Crippen molar-refractivity contribution < 1.29 is 19.4 Å².